The molecule has 0 atom stereocenters. The first kappa shape index (κ1) is 20.5. The fourth-order valence-corrected chi connectivity index (χ4v) is 5.15. The zero-order valence-corrected chi connectivity index (χ0v) is 17.0. The number of aryl methyl sites for hydroxylation is 3. The van der Waals surface area contributed by atoms with E-state index in [4.69, 9.17) is 23.2 Å². The van der Waals surface area contributed by atoms with Gasteiger partial charge in [-0.1, -0.05) is 47.0 Å². The van der Waals surface area contributed by atoms with E-state index in [0.717, 1.165) is 9.87 Å². The topological polar surface area (TPSA) is 54.5 Å². The number of nitrogens with zero attached hydrogens (tertiary/aromatic N) is 1. The lowest BCUT2D eigenvalue weighted by atomic mass is 10.1. The molecule has 0 fully saturated rings. The first-order chi connectivity index (χ1) is 12.1. The summed E-state index contributed by atoms with van der Waals surface area (Å²) in [4.78, 5) is 13.1. The Morgan fingerprint density at radius 3 is 2.19 bits per heavy atom. The number of carbonyl (C=O) groups excluding carboxylic acids is 1. The summed E-state index contributed by atoms with van der Waals surface area (Å²) < 4.78 is 27.3. The van der Waals surface area contributed by atoms with Gasteiger partial charge >= 0.3 is 0 Å². The molecule has 2 rings (SSSR count). The molecule has 0 aromatic heterocycles. The summed E-state index contributed by atoms with van der Waals surface area (Å²) in [5.74, 6) is -0.731. The van der Waals surface area contributed by atoms with Crippen LogP contribution in [-0.2, 0) is 10.0 Å². The lowest BCUT2D eigenvalue weighted by molar-refractivity contribution is 0.0871. The Balaban J connectivity index is 2.62. The van der Waals surface area contributed by atoms with Crippen LogP contribution in [0, 0.1) is 20.8 Å². The van der Waals surface area contributed by atoms with Crippen LogP contribution in [0.1, 0.15) is 27.0 Å². The average molecular weight is 412 g/mol. The maximum Gasteiger partial charge on any atom is 0.269 e. The zero-order valence-electron chi connectivity index (χ0n) is 14.7. The van der Waals surface area contributed by atoms with E-state index in [9.17, 15) is 13.2 Å². The highest BCUT2D eigenvalue weighted by Gasteiger charge is 2.32. The summed E-state index contributed by atoms with van der Waals surface area (Å²) in [7, 11) is -4.09. The van der Waals surface area contributed by atoms with Gasteiger partial charge in [-0.3, -0.25) is 4.79 Å². The van der Waals surface area contributed by atoms with Crippen molar-refractivity contribution >= 4 is 39.1 Å². The third-order valence-corrected chi connectivity index (χ3v) is 6.44. The predicted molar refractivity (Wildman–Crippen MR) is 106 cm³/mol. The van der Waals surface area contributed by atoms with Crippen molar-refractivity contribution < 1.29 is 13.2 Å². The van der Waals surface area contributed by atoms with E-state index in [1.165, 1.54) is 24.3 Å². The van der Waals surface area contributed by atoms with Gasteiger partial charge in [-0.15, -0.1) is 6.58 Å². The molecule has 0 saturated heterocycles. The Labute approximate surface area is 164 Å². The minimum atomic E-state index is -4.09. The molecule has 7 heteroatoms. The van der Waals surface area contributed by atoms with Crippen LogP contribution < -0.4 is 0 Å². The molecule has 0 radical (unpaired) electrons. The van der Waals surface area contributed by atoms with Gasteiger partial charge < -0.3 is 0 Å². The first-order valence-electron chi connectivity index (χ1n) is 7.80. The molecule has 0 bridgehead atoms. The number of benzene rings is 2. The van der Waals surface area contributed by atoms with Gasteiger partial charge in [0.2, 0.25) is 0 Å². The van der Waals surface area contributed by atoms with Crippen molar-refractivity contribution in [1.29, 1.82) is 0 Å². The first-order valence-corrected chi connectivity index (χ1v) is 10.00. The third-order valence-electron chi connectivity index (χ3n) is 3.84. The number of hydrogen-bond acceptors (Lipinski definition) is 3. The minimum Gasteiger partial charge on any atom is -0.268 e. The average Bonchev–Trinajstić information content (AvgIpc) is 2.50. The molecule has 2 aromatic rings. The van der Waals surface area contributed by atoms with Crippen LogP contribution in [0.3, 0.4) is 0 Å². The molecule has 4 nitrogen and oxygen atoms in total. The van der Waals surface area contributed by atoms with E-state index >= 15 is 0 Å². The Hall–Kier alpha value is -1.82. The largest absolute Gasteiger partial charge is 0.269 e. The summed E-state index contributed by atoms with van der Waals surface area (Å²) in [5, 5.41) is 0.444. The van der Waals surface area contributed by atoms with E-state index in [1.807, 2.05) is 6.92 Å². The van der Waals surface area contributed by atoms with Crippen LogP contribution in [-0.4, -0.2) is 25.2 Å². The van der Waals surface area contributed by atoms with Crippen LogP contribution in [0.2, 0.25) is 10.0 Å². The van der Waals surface area contributed by atoms with Crippen molar-refractivity contribution in [2.24, 2.45) is 0 Å². The molecule has 1 amide bonds. The van der Waals surface area contributed by atoms with Crippen molar-refractivity contribution in [3.63, 3.8) is 0 Å². The lowest BCUT2D eigenvalue weighted by Gasteiger charge is -2.24. The summed E-state index contributed by atoms with van der Waals surface area (Å²) >= 11 is 12.0. The van der Waals surface area contributed by atoms with Gasteiger partial charge in [0.05, 0.1) is 22.0 Å². The smallest absolute Gasteiger partial charge is 0.268 e. The molecule has 2 aromatic carbocycles. The Morgan fingerprint density at radius 1 is 1.12 bits per heavy atom. The molecular formula is C19H19Cl2NO3S. The maximum atomic E-state index is 13.3. The third kappa shape index (κ3) is 3.95. The van der Waals surface area contributed by atoms with E-state index in [1.54, 1.807) is 26.0 Å². The zero-order chi connectivity index (χ0) is 19.6. The predicted octanol–water partition coefficient (Wildman–Crippen LogP) is 4.94. The van der Waals surface area contributed by atoms with Gasteiger partial charge in [0.1, 0.15) is 0 Å². The summed E-state index contributed by atoms with van der Waals surface area (Å²) in [6.07, 6.45) is 1.36. The molecular weight excluding hydrogens is 393 g/mol. The van der Waals surface area contributed by atoms with Crippen molar-refractivity contribution in [3.05, 3.63) is 75.3 Å². The molecule has 0 aliphatic rings. The molecule has 0 aliphatic carbocycles. The number of amides is 1. The van der Waals surface area contributed by atoms with Gasteiger partial charge in [0, 0.05) is 5.02 Å². The molecule has 0 aliphatic heterocycles. The van der Waals surface area contributed by atoms with E-state index in [-0.39, 0.29) is 22.0 Å². The number of rotatable bonds is 5. The number of carbonyl (C=O) groups is 1. The second-order valence-corrected chi connectivity index (χ2v) is 8.62. The number of sulfonamides is 1. The van der Waals surface area contributed by atoms with E-state index < -0.39 is 15.9 Å². The van der Waals surface area contributed by atoms with Crippen LogP contribution in [0.25, 0.3) is 0 Å². The molecule has 0 spiro atoms. The van der Waals surface area contributed by atoms with Gasteiger partial charge in [-0.2, -0.15) is 0 Å². The standard InChI is InChI=1S/C19H19Cl2NO3S/c1-5-8-22(19(23)16-7-6-15(20)11-17(16)21)26(24,25)18-13(3)9-12(2)10-14(18)4/h5-7,9-11H,1,8H2,2-4H3. The maximum absolute atomic E-state index is 13.3. The van der Waals surface area contributed by atoms with Gasteiger partial charge in [-0.05, 0) is 50.1 Å². The molecule has 0 saturated carbocycles. The summed E-state index contributed by atoms with van der Waals surface area (Å²) in [6, 6.07) is 7.84. The highest BCUT2D eigenvalue weighted by atomic mass is 35.5. The van der Waals surface area contributed by atoms with E-state index in [0.29, 0.717) is 16.1 Å². The Kier molecular flexibility index (Phi) is 6.17. The van der Waals surface area contributed by atoms with Crippen molar-refractivity contribution in [1.82, 2.24) is 4.31 Å². The van der Waals surface area contributed by atoms with Crippen LogP contribution in [0.5, 0.6) is 0 Å². The van der Waals surface area contributed by atoms with Gasteiger partial charge in [-0.25, -0.2) is 12.7 Å². The second-order valence-electron chi connectivity index (χ2n) is 5.98. The van der Waals surface area contributed by atoms with Crippen LogP contribution in [0.4, 0.5) is 0 Å². The van der Waals surface area contributed by atoms with Crippen molar-refractivity contribution in [2.75, 3.05) is 6.54 Å². The molecule has 138 valence electrons. The summed E-state index contributed by atoms with van der Waals surface area (Å²) in [6.45, 7) is 8.69. The summed E-state index contributed by atoms with van der Waals surface area (Å²) in [5.41, 5.74) is 2.16. The Morgan fingerprint density at radius 2 is 1.69 bits per heavy atom. The molecule has 26 heavy (non-hydrogen) atoms. The fourth-order valence-electron chi connectivity index (χ4n) is 2.89. The highest BCUT2D eigenvalue weighted by molar-refractivity contribution is 7.89. The highest BCUT2D eigenvalue weighted by Crippen LogP contribution is 2.28. The van der Waals surface area contributed by atoms with Crippen LogP contribution >= 0.6 is 23.2 Å². The SMILES string of the molecule is C=CCN(C(=O)c1ccc(Cl)cc1Cl)S(=O)(=O)c1c(C)cc(C)cc1C. The number of halogens is 2. The number of hydrogen-bond donors (Lipinski definition) is 0. The van der Waals surface area contributed by atoms with Crippen molar-refractivity contribution in [2.45, 2.75) is 25.7 Å². The molecule has 0 N–H and O–H groups in total. The van der Waals surface area contributed by atoms with Gasteiger partial charge in [0.25, 0.3) is 15.9 Å². The van der Waals surface area contributed by atoms with Crippen LogP contribution in [0.15, 0.2) is 47.9 Å². The Bertz CT molecular complexity index is 961. The second kappa shape index (κ2) is 7.82. The molecule has 0 heterocycles. The lowest BCUT2D eigenvalue weighted by Crippen LogP contribution is -2.38. The quantitative estimate of drug-likeness (QED) is 0.654. The monoisotopic (exact) mass is 411 g/mol. The molecule has 0 unspecified atom stereocenters. The normalized spacial score (nSPS) is 11.3. The van der Waals surface area contributed by atoms with Gasteiger partial charge in [0.15, 0.2) is 0 Å². The fraction of sp³-hybridized carbons (Fsp3) is 0.211. The minimum absolute atomic E-state index is 0.0592. The van der Waals surface area contributed by atoms with E-state index in [2.05, 4.69) is 6.58 Å². The van der Waals surface area contributed by atoms with Crippen molar-refractivity contribution in [3.8, 4) is 0 Å².